The normalized spacial score (nSPS) is 10.4. The van der Waals surface area contributed by atoms with E-state index >= 15 is 0 Å². The number of nitrogens with one attached hydrogen (secondary N) is 1. The molecule has 2 aromatic carbocycles. The Morgan fingerprint density at radius 3 is 2.52 bits per heavy atom. The predicted octanol–water partition coefficient (Wildman–Crippen LogP) is 5.32. The first-order valence-electron chi connectivity index (χ1n) is 7.45. The number of amides is 1. The molecule has 1 heterocycles. The third kappa shape index (κ3) is 3.76. The summed E-state index contributed by atoms with van der Waals surface area (Å²) < 4.78 is 5.41. The average Bonchev–Trinajstić information content (AvgIpc) is 2.63. The number of anilines is 1. The van der Waals surface area contributed by atoms with E-state index in [4.69, 9.17) is 27.9 Å². The van der Waals surface area contributed by atoms with Gasteiger partial charge < -0.3 is 10.1 Å². The maximum Gasteiger partial charge on any atom is 0.255 e. The highest BCUT2D eigenvalue weighted by Crippen LogP contribution is 2.34. The summed E-state index contributed by atoms with van der Waals surface area (Å²) in [6.45, 7) is 0. The molecule has 6 heteroatoms. The van der Waals surface area contributed by atoms with Gasteiger partial charge in [0.25, 0.3) is 5.91 Å². The number of carbonyl (C=O) groups excluding carboxylic acids is 1. The van der Waals surface area contributed by atoms with Gasteiger partial charge in [0.2, 0.25) is 0 Å². The van der Waals surface area contributed by atoms with E-state index in [0.717, 1.165) is 0 Å². The number of benzene rings is 2. The molecule has 0 atom stereocenters. The molecular weight excluding hydrogens is 359 g/mol. The summed E-state index contributed by atoms with van der Waals surface area (Å²) in [5.74, 6) is 0.220. The summed E-state index contributed by atoms with van der Waals surface area (Å²) in [6, 6.07) is 15.6. The standard InChI is InChI=1S/C19H14Cl2N2O2/c1-25-17-11-12(19(24)23-16-7-3-2-5-14(16)20)8-9-13(17)18-15(21)6-4-10-22-18/h2-11H,1H3,(H,23,24). The highest BCUT2D eigenvalue weighted by Gasteiger charge is 2.15. The third-order valence-corrected chi connectivity index (χ3v) is 4.23. The lowest BCUT2D eigenvalue weighted by Gasteiger charge is -2.12. The van der Waals surface area contributed by atoms with Gasteiger partial charge in [-0.1, -0.05) is 35.3 Å². The molecule has 0 fully saturated rings. The van der Waals surface area contributed by atoms with Crippen molar-refractivity contribution in [2.75, 3.05) is 12.4 Å². The van der Waals surface area contributed by atoms with Gasteiger partial charge in [-0.05, 0) is 42.5 Å². The van der Waals surface area contributed by atoms with Crippen LogP contribution in [0.3, 0.4) is 0 Å². The van der Waals surface area contributed by atoms with E-state index in [1.807, 2.05) is 0 Å². The molecule has 0 aliphatic carbocycles. The Balaban J connectivity index is 1.93. The van der Waals surface area contributed by atoms with Crippen LogP contribution in [0.25, 0.3) is 11.3 Å². The first-order chi connectivity index (χ1) is 12.1. The van der Waals surface area contributed by atoms with E-state index in [1.165, 1.54) is 7.11 Å². The van der Waals surface area contributed by atoms with Crippen LogP contribution >= 0.6 is 23.2 Å². The van der Waals surface area contributed by atoms with Gasteiger partial charge in [0.1, 0.15) is 5.75 Å². The molecular formula is C19H14Cl2N2O2. The Morgan fingerprint density at radius 1 is 1.04 bits per heavy atom. The monoisotopic (exact) mass is 372 g/mol. The minimum absolute atomic E-state index is 0.287. The van der Waals surface area contributed by atoms with Crippen LogP contribution in [-0.2, 0) is 0 Å². The number of pyridine rings is 1. The van der Waals surface area contributed by atoms with Crippen molar-refractivity contribution in [2.45, 2.75) is 0 Å². The summed E-state index contributed by atoms with van der Waals surface area (Å²) in [5, 5.41) is 3.76. The second-order valence-electron chi connectivity index (χ2n) is 5.18. The maximum absolute atomic E-state index is 12.5. The fraction of sp³-hybridized carbons (Fsp3) is 0.0526. The lowest BCUT2D eigenvalue weighted by molar-refractivity contribution is 0.102. The largest absolute Gasteiger partial charge is 0.496 e. The van der Waals surface area contributed by atoms with Crippen molar-refractivity contribution in [1.82, 2.24) is 4.98 Å². The summed E-state index contributed by atoms with van der Waals surface area (Å²) >= 11 is 12.3. The van der Waals surface area contributed by atoms with E-state index in [-0.39, 0.29) is 5.91 Å². The van der Waals surface area contributed by atoms with Crippen LogP contribution in [0.1, 0.15) is 10.4 Å². The molecule has 0 spiro atoms. The van der Waals surface area contributed by atoms with Gasteiger partial charge >= 0.3 is 0 Å². The second kappa shape index (κ2) is 7.55. The van der Waals surface area contributed by atoms with Gasteiger partial charge in [0.05, 0.1) is 28.5 Å². The lowest BCUT2D eigenvalue weighted by atomic mass is 10.1. The molecule has 4 nitrogen and oxygen atoms in total. The van der Waals surface area contributed by atoms with Crippen molar-refractivity contribution in [3.63, 3.8) is 0 Å². The molecule has 1 aromatic heterocycles. The van der Waals surface area contributed by atoms with Crippen LogP contribution in [0.15, 0.2) is 60.8 Å². The minimum atomic E-state index is -0.287. The molecule has 3 rings (SSSR count). The fourth-order valence-electron chi connectivity index (χ4n) is 2.37. The number of methoxy groups -OCH3 is 1. The number of hydrogen-bond acceptors (Lipinski definition) is 3. The molecule has 126 valence electrons. The topological polar surface area (TPSA) is 51.2 Å². The van der Waals surface area contributed by atoms with Gasteiger partial charge in [-0.3, -0.25) is 9.78 Å². The zero-order chi connectivity index (χ0) is 17.8. The molecule has 0 aliphatic rings. The molecule has 0 saturated heterocycles. The molecule has 1 amide bonds. The molecule has 25 heavy (non-hydrogen) atoms. The van der Waals surface area contributed by atoms with Gasteiger partial charge in [-0.2, -0.15) is 0 Å². The van der Waals surface area contributed by atoms with E-state index in [1.54, 1.807) is 60.8 Å². The molecule has 0 aliphatic heterocycles. The van der Waals surface area contributed by atoms with Crippen molar-refractivity contribution >= 4 is 34.8 Å². The SMILES string of the molecule is COc1cc(C(=O)Nc2ccccc2Cl)ccc1-c1ncccc1Cl. The Hall–Kier alpha value is -2.56. The zero-order valence-corrected chi connectivity index (χ0v) is 14.8. The Bertz CT molecular complexity index is 929. The summed E-state index contributed by atoms with van der Waals surface area (Å²) in [6.07, 6.45) is 1.65. The first-order valence-corrected chi connectivity index (χ1v) is 8.20. The van der Waals surface area contributed by atoms with Gasteiger partial charge in [0, 0.05) is 17.3 Å². The Morgan fingerprint density at radius 2 is 1.80 bits per heavy atom. The summed E-state index contributed by atoms with van der Waals surface area (Å²) in [4.78, 5) is 16.8. The third-order valence-electron chi connectivity index (χ3n) is 3.60. The molecule has 1 N–H and O–H groups in total. The fourth-order valence-corrected chi connectivity index (χ4v) is 2.78. The first kappa shape index (κ1) is 17.3. The van der Waals surface area contributed by atoms with Crippen molar-refractivity contribution in [3.8, 4) is 17.0 Å². The van der Waals surface area contributed by atoms with E-state index in [2.05, 4.69) is 10.3 Å². The number of para-hydroxylation sites is 1. The van der Waals surface area contributed by atoms with E-state index in [9.17, 15) is 4.79 Å². The molecule has 0 saturated carbocycles. The number of aromatic nitrogens is 1. The molecule has 3 aromatic rings. The van der Waals surface area contributed by atoms with E-state index < -0.39 is 0 Å². The smallest absolute Gasteiger partial charge is 0.255 e. The second-order valence-corrected chi connectivity index (χ2v) is 6.00. The lowest BCUT2D eigenvalue weighted by Crippen LogP contribution is -2.12. The van der Waals surface area contributed by atoms with Gasteiger partial charge in [-0.15, -0.1) is 0 Å². The maximum atomic E-state index is 12.5. The van der Waals surface area contributed by atoms with Crippen LogP contribution in [0, 0.1) is 0 Å². The summed E-state index contributed by atoms with van der Waals surface area (Å²) in [7, 11) is 1.53. The Labute approximate surface area is 155 Å². The minimum Gasteiger partial charge on any atom is -0.496 e. The average molecular weight is 373 g/mol. The number of ether oxygens (including phenoxy) is 1. The van der Waals surface area contributed by atoms with Crippen molar-refractivity contribution in [1.29, 1.82) is 0 Å². The van der Waals surface area contributed by atoms with Crippen LogP contribution in [0.4, 0.5) is 5.69 Å². The van der Waals surface area contributed by atoms with Crippen LogP contribution in [-0.4, -0.2) is 18.0 Å². The number of halogens is 2. The van der Waals surface area contributed by atoms with E-state index in [0.29, 0.717) is 38.3 Å². The number of hydrogen-bond donors (Lipinski definition) is 1. The van der Waals surface area contributed by atoms with Crippen LogP contribution in [0.2, 0.25) is 10.0 Å². The van der Waals surface area contributed by atoms with Crippen molar-refractivity contribution in [3.05, 3.63) is 76.4 Å². The number of carbonyl (C=O) groups is 1. The summed E-state index contributed by atoms with van der Waals surface area (Å²) in [5.41, 5.74) is 2.29. The molecule has 0 bridgehead atoms. The van der Waals surface area contributed by atoms with Crippen molar-refractivity contribution < 1.29 is 9.53 Å². The number of nitrogens with zero attached hydrogens (tertiary/aromatic N) is 1. The van der Waals surface area contributed by atoms with Crippen LogP contribution < -0.4 is 10.1 Å². The zero-order valence-electron chi connectivity index (χ0n) is 13.3. The Kier molecular flexibility index (Phi) is 5.22. The number of rotatable bonds is 4. The van der Waals surface area contributed by atoms with Crippen molar-refractivity contribution in [2.24, 2.45) is 0 Å². The molecule has 0 unspecified atom stereocenters. The highest BCUT2D eigenvalue weighted by molar-refractivity contribution is 6.34. The quantitative estimate of drug-likeness (QED) is 0.674. The van der Waals surface area contributed by atoms with Gasteiger partial charge in [0.15, 0.2) is 0 Å². The van der Waals surface area contributed by atoms with Crippen LogP contribution in [0.5, 0.6) is 5.75 Å². The molecule has 0 radical (unpaired) electrons. The predicted molar refractivity (Wildman–Crippen MR) is 101 cm³/mol. The van der Waals surface area contributed by atoms with Gasteiger partial charge in [-0.25, -0.2) is 0 Å². The highest BCUT2D eigenvalue weighted by atomic mass is 35.5.